The Morgan fingerprint density at radius 3 is 2.75 bits per heavy atom. The summed E-state index contributed by atoms with van der Waals surface area (Å²) in [6.45, 7) is 2.17. The highest BCUT2D eigenvalue weighted by Gasteiger charge is 2.11. The molecule has 0 saturated heterocycles. The van der Waals surface area contributed by atoms with E-state index in [1.807, 2.05) is 0 Å². The zero-order valence-corrected chi connectivity index (χ0v) is 12.9. The van der Waals surface area contributed by atoms with E-state index in [9.17, 15) is 0 Å². The van der Waals surface area contributed by atoms with Crippen molar-refractivity contribution in [3.05, 3.63) is 56.2 Å². The minimum atomic E-state index is 0.410. The first-order valence-electron chi connectivity index (χ1n) is 5.08. The van der Waals surface area contributed by atoms with Gasteiger partial charge in [0.2, 0.25) is 0 Å². The van der Waals surface area contributed by atoms with Gasteiger partial charge in [-0.3, -0.25) is 0 Å². The van der Waals surface area contributed by atoms with Gasteiger partial charge in [0.05, 0.1) is 0 Å². The quantitative estimate of drug-likeness (QED) is 0.635. The minimum absolute atomic E-state index is 0.410. The molecule has 3 heteroatoms. The maximum Gasteiger partial charge on any atom is 0.0446 e. The number of aryl methyl sites for hydroxylation is 1. The van der Waals surface area contributed by atoms with E-state index >= 15 is 0 Å². The van der Waals surface area contributed by atoms with E-state index < -0.39 is 0 Å². The van der Waals surface area contributed by atoms with Crippen LogP contribution in [0.15, 0.2) is 39.5 Å². The number of hydrogen-bond donors (Lipinski definition) is 0. The van der Waals surface area contributed by atoms with Gasteiger partial charge >= 0.3 is 0 Å². The lowest BCUT2D eigenvalue weighted by Crippen LogP contribution is -1.95. The third kappa shape index (κ3) is 2.96. The lowest BCUT2D eigenvalue weighted by molar-refractivity contribution is 0.944. The summed E-state index contributed by atoms with van der Waals surface area (Å²) in [7, 11) is 0. The van der Waals surface area contributed by atoms with Crippen LogP contribution in [0.4, 0.5) is 0 Å². The molecule has 1 atom stereocenters. The van der Waals surface area contributed by atoms with Gasteiger partial charge in [0.25, 0.3) is 0 Å². The molecule has 0 fully saturated rings. The van der Waals surface area contributed by atoms with Gasteiger partial charge < -0.3 is 0 Å². The fourth-order valence-electron chi connectivity index (χ4n) is 1.67. The van der Waals surface area contributed by atoms with E-state index in [0.717, 1.165) is 10.9 Å². The van der Waals surface area contributed by atoms with Crippen molar-refractivity contribution >= 4 is 43.2 Å². The fourth-order valence-corrected chi connectivity index (χ4v) is 4.07. The summed E-state index contributed by atoms with van der Waals surface area (Å²) >= 11 is 9.04. The SMILES string of the molecule is Cc1cscc1C(Br)Cc1cccc(Br)c1. The number of rotatable bonds is 3. The van der Waals surface area contributed by atoms with Crippen molar-refractivity contribution < 1.29 is 0 Å². The van der Waals surface area contributed by atoms with Crippen LogP contribution in [-0.4, -0.2) is 0 Å². The first-order valence-corrected chi connectivity index (χ1v) is 7.73. The number of thiophene rings is 1. The lowest BCUT2D eigenvalue weighted by Gasteiger charge is -2.10. The first kappa shape index (κ1) is 12.3. The van der Waals surface area contributed by atoms with Crippen molar-refractivity contribution in [1.29, 1.82) is 0 Å². The van der Waals surface area contributed by atoms with Gasteiger partial charge in [-0.1, -0.05) is 44.0 Å². The van der Waals surface area contributed by atoms with Crippen LogP contribution in [0.3, 0.4) is 0 Å². The molecule has 0 aliphatic carbocycles. The molecule has 1 aromatic carbocycles. The van der Waals surface area contributed by atoms with Gasteiger partial charge in [-0.05, 0) is 52.9 Å². The molecule has 0 aliphatic heterocycles. The second kappa shape index (κ2) is 5.48. The van der Waals surface area contributed by atoms with Gasteiger partial charge in [-0.25, -0.2) is 0 Å². The number of halogens is 2. The van der Waals surface area contributed by atoms with Gasteiger partial charge in [-0.15, -0.1) is 0 Å². The van der Waals surface area contributed by atoms with E-state index in [1.54, 1.807) is 11.3 Å². The van der Waals surface area contributed by atoms with Crippen LogP contribution in [0.5, 0.6) is 0 Å². The summed E-state index contributed by atoms with van der Waals surface area (Å²) in [5.41, 5.74) is 4.13. The first-order chi connectivity index (χ1) is 7.66. The molecular formula is C13H12Br2S. The van der Waals surface area contributed by atoms with Crippen molar-refractivity contribution in [2.75, 3.05) is 0 Å². The molecular weight excluding hydrogens is 348 g/mol. The third-order valence-corrected chi connectivity index (χ3v) is 4.73. The molecule has 0 nitrogen and oxygen atoms in total. The molecule has 0 aliphatic rings. The van der Waals surface area contributed by atoms with Crippen molar-refractivity contribution in [3.63, 3.8) is 0 Å². The molecule has 1 unspecified atom stereocenters. The van der Waals surface area contributed by atoms with E-state index in [4.69, 9.17) is 0 Å². The van der Waals surface area contributed by atoms with Crippen LogP contribution in [0.2, 0.25) is 0 Å². The van der Waals surface area contributed by atoms with E-state index in [-0.39, 0.29) is 0 Å². The molecule has 1 heterocycles. The molecule has 0 bridgehead atoms. The number of alkyl halides is 1. The van der Waals surface area contributed by atoms with Gasteiger partial charge in [0.15, 0.2) is 0 Å². The topological polar surface area (TPSA) is 0 Å². The predicted molar refractivity (Wildman–Crippen MR) is 78.6 cm³/mol. The average molecular weight is 360 g/mol. The Hall–Kier alpha value is -0.120. The molecule has 0 radical (unpaired) electrons. The molecule has 0 saturated carbocycles. The second-order valence-corrected chi connectivity index (χ2v) is 6.58. The van der Waals surface area contributed by atoms with Crippen LogP contribution in [0, 0.1) is 6.92 Å². The second-order valence-electron chi connectivity index (χ2n) is 3.81. The van der Waals surface area contributed by atoms with E-state index in [1.165, 1.54) is 16.7 Å². The summed E-state index contributed by atoms with van der Waals surface area (Å²) < 4.78 is 1.15. The van der Waals surface area contributed by atoms with Gasteiger partial charge in [-0.2, -0.15) is 11.3 Å². The molecule has 2 aromatic rings. The van der Waals surface area contributed by atoms with Gasteiger partial charge in [0, 0.05) is 9.30 Å². The average Bonchev–Trinajstić information content (AvgIpc) is 2.64. The zero-order chi connectivity index (χ0) is 11.5. The highest BCUT2D eigenvalue weighted by atomic mass is 79.9. The van der Waals surface area contributed by atoms with Crippen molar-refractivity contribution in [3.8, 4) is 0 Å². The Morgan fingerprint density at radius 1 is 1.31 bits per heavy atom. The molecule has 16 heavy (non-hydrogen) atoms. The highest BCUT2D eigenvalue weighted by Crippen LogP contribution is 2.32. The summed E-state index contributed by atoms with van der Waals surface area (Å²) in [4.78, 5) is 0.410. The number of hydrogen-bond acceptors (Lipinski definition) is 1. The lowest BCUT2D eigenvalue weighted by atomic mass is 10.0. The van der Waals surface area contributed by atoms with Crippen LogP contribution in [-0.2, 0) is 6.42 Å². The van der Waals surface area contributed by atoms with Crippen LogP contribution < -0.4 is 0 Å². The molecule has 84 valence electrons. The Kier molecular flexibility index (Phi) is 4.22. The summed E-state index contributed by atoms with van der Waals surface area (Å²) in [6, 6.07) is 8.48. The van der Waals surface area contributed by atoms with Crippen LogP contribution in [0.1, 0.15) is 21.5 Å². The molecule has 0 amide bonds. The minimum Gasteiger partial charge on any atom is -0.152 e. The normalized spacial score (nSPS) is 12.7. The molecule has 0 N–H and O–H groups in total. The van der Waals surface area contributed by atoms with Crippen molar-refractivity contribution in [2.24, 2.45) is 0 Å². The number of benzene rings is 1. The monoisotopic (exact) mass is 358 g/mol. The fraction of sp³-hybridized carbons (Fsp3) is 0.231. The molecule has 0 spiro atoms. The maximum atomic E-state index is 3.77. The smallest absolute Gasteiger partial charge is 0.0446 e. The maximum absolute atomic E-state index is 3.77. The summed E-state index contributed by atoms with van der Waals surface area (Å²) in [5, 5.41) is 4.43. The van der Waals surface area contributed by atoms with Crippen molar-refractivity contribution in [2.45, 2.75) is 18.2 Å². The standard InChI is InChI=1S/C13H12Br2S/c1-9-7-16-8-12(9)13(15)6-10-3-2-4-11(14)5-10/h2-5,7-8,13H,6H2,1H3. The molecule has 2 rings (SSSR count). The molecule has 1 aromatic heterocycles. The Labute approximate surface area is 117 Å². The summed E-state index contributed by atoms with van der Waals surface area (Å²) in [5.74, 6) is 0. The Morgan fingerprint density at radius 2 is 2.12 bits per heavy atom. The Balaban J connectivity index is 2.14. The predicted octanol–water partition coefficient (Wildman–Crippen LogP) is 5.50. The van der Waals surface area contributed by atoms with Crippen LogP contribution in [0.25, 0.3) is 0 Å². The van der Waals surface area contributed by atoms with Gasteiger partial charge in [0.1, 0.15) is 0 Å². The Bertz CT molecular complexity index is 476. The largest absolute Gasteiger partial charge is 0.152 e. The third-order valence-electron chi connectivity index (χ3n) is 2.54. The van der Waals surface area contributed by atoms with E-state index in [0.29, 0.717) is 4.83 Å². The highest BCUT2D eigenvalue weighted by molar-refractivity contribution is 9.10. The summed E-state index contributed by atoms with van der Waals surface area (Å²) in [6.07, 6.45) is 1.02. The van der Waals surface area contributed by atoms with Crippen LogP contribution >= 0.6 is 43.2 Å². The van der Waals surface area contributed by atoms with Crippen molar-refractivity contribution in [1.82, 2.24) is 0 Å². The zero-order valence-electron chi connectivity index (χ0n) is 8.91. The van der Waals surface area contributed by atoms with E-state index in [2.05, 4.69) is 73.8 Å².